The first-order valence-electron chi connectivity index (χ1n) is 5.11. The first-order chi connectivity index (χ1) is 8.94. The minimum absolute atomic E-state index is 0.0954. The molecule has 19 heavy (non-hydrogen) atoms. The maximum atomic E-state index is 5.83. The zero-order valence-corrected chi connectivity index (χ0v) is 11.8. The van der Waals surface area contributed by atoms with Crippen molar-refractivity contribution in [1.29, 1.82) is 0 Å². The number of nitrogens with two attached hydrogens (primary N) is 2. The molecule has 0 amide bonds. The first-order valence-corrected chi connectivity index (χ1v) is 6.30. The van der Waals surface area contributed by atoms with Gasteiger partial charge in [0, 0.05) is 20.2 Å². The van der Waals surface area contributed by atoms with Crippen molar-refractivity contribution in [3.8, 4) is 0 Å². The van der Waals surface area contributed by atoms with E-state index >= 15 is 0 Å². The Morgan fingerprint density at radius 3 is 2.16 bits per heavy atom. The number of hydrogen-bond acceptors (Lipinski definition) is 9. The predicted molar refractivity (Wildman–Crippen MR) is 74.1 cm³/mol. The topological polar surface area (TPSA) is 120 Å². The van der Waals surface area contributed by atoms with Crippen molar-refractivity contribution >= 4 is 40.9 Å². The number of rotatable bonds is 3. The average Bonchev–Trinajstić information content (AvgIpc) is 2.26. The molecule has 0 aromatic carbocycles. The third kappa shape index (κ3) is 3.55. The number of hydrogen-bond donors (Lipinski definition) is 2. The molecule has 0 saturated carbocycles. The molecule has 0 fully saturated rings. The van der Waals surface area contributed by atoms with Crippen LogP contribution in [0.3, 0.4) is 0 Å². The number of anilines is 3. The summed E-state index contributed by atoms with van der Waals surface area (Å²) in [4.78, 5) is 21.9. The fourth-order valence-electron chi connectivity index (χ4n) is 1.16. The first kappa shape index (κ1) is 13.6. The summed E-state index contributed by atoms with van der Waals surface area (Å²) >= 11 is 6.94. The normalized spacial score (nSPS) is 10.5. The van der Waals surface area contributed by atoms with Gasteiger partial charge >= 0.3 is 0 Å². The van der Waals surface area contributed by atoms with Crippen molar-refractivity contribution in [1.82, 2.24) is 24.9 Å². The van der Waals surface area contributed by atoms with Gasteiger partial charge in [-0.05, 0) is 23.4 Å². The lowest BCUT2D eigenvalue weighted by atomic mass is 10.5. The maximum absolute atomic E-state index is 5.83. The van der Waals surface area contributed by atoms with Crippen LogP contribution in [-0.2, 0) is 0 Å². The van der Waals surface area contributed by atoms with Gasteiger partial charge in [0.25, 0.3) is 0 Å². The van der Waals surface area contributed by atoms with Crippen LogP contribution in [0.25, 0.3) is 0 Å². The lowest BCUT2D eigenvalue weighted by Crippen LogP contribution is -2.13. The summed E-state index contributed by atoms with van der Waals surface area (Å²) < 4.78 is 0. The third-order valence-corrected chi connectivity index (χ3v) is 2.80. The molecule has 8 nitrogen and oxygen atoms in total. The molecule has 4 N–H and O–H groups in total. The molecule has 10 heteroatoms. The summed E-state index contributed by atoms with van der Waals surface area (Å²) in [5.41, 5.74) is 11.2. The van der Waals surface area contributed by atoms with Crippen LogP contribution in [0.1, 0.15) is 0 Å². The van der Waals surface area contributed by atoms with Crippen LogP contribution in [0, 0.1) is 0 Å². The van der Waals surface area contributed by atoms with Gasteiger partial charge in [-0.25, -0.2) is 9.97 Å². The summed E-state index contributed by atoms with van der Waals surface area (Å²) in [7, 11) is 3.60. The molecule has 100 valence electrons. The Bertz CT molecular complexity index is 585. The Morgan fingerprint density at radius 1 is 1.00 bits per heavy atom. The standard InChI is InChI=1S/C9H11ClN8S/c1-18(2)7-15-6(10)16-9(17-7)19-8-13-4(11)3-5(12)14-8/h3H,1-2H3,(H4,11,12,13,14). The number of halogens is 1. The molecule has 0 bridgehead atoms. The van der Waals surface area contributed by atoms with E-state index in [1.807, 2.05) is 0 Å². The lowest BCUT2D eigenvalue weighted by molar-refractivity contribution is 0.859. The minimum atomic E-state index is 0.0954. The Kier molecular flexibility index (Phi) is 3.86. The van der Waals surface area contributed by atoms with E-state index in [9.17, 15) is 0 Å². The molecule has 0 unspecified atom stereocenters. The van der Waals surface area contributed by atoms with Gasteiger partial charge in [0.15, 0.2) is 5.16 Å². The SMILES string of the molecule is CN(C)c1nc(Cl)nc(Sc2nc(N)cc(N)n2)n1. The second kappa shape index (κ2) is 5.41. The van der Waals surface area contributed by atoms with Crippen molar-refractivity contribution in [3.63, 3.8) is 0 Å². The molecular formula is C9H11ClN8S. The van der Waals surface area contributed by atoms with Crippen LogP contribution in [-0.4, -0.2) is 39.0 Å². The van der Waals surface area contributed by atoms with Crippen molar-refractivity contribution in [2.75, 3.05) is 30.5 Å². The Labute approximate surface area is 118 Å². The van der Waals surface area contributed by atoms with Crippen molar-refractivity contribution in [2.45, 2.75) is 10.3 Å². The summed E-state index contributed by atoms with van der Waals surface area (Å²) in [5.74, 6) is 1.00. The van der Waals surface area contributed by atoms with Gasteiger partial charge in [0.2, 0.25) is 16.4 Å². The lowest BCUT2D eigenvalue weighted by Gasteiger charge is -2.10. The largest absolute Gasteiger partial charge is 0.383 e. The fraction of sp³-hybridized carbons (Fsp3) is 0.222. The molecule has 0 aliphatic heterocycles. The summed E-state index contributed by atoms with van der Waals surface area (Å²) in [6.07, 6.45) is 0. The van der Waals surface area contributed by atoms with Crippen LogP contribution in [0.2, 0.25) is 5.28 Å². The van der Waals surface area contributed by atoms with Gasteiger partial charge in [-0.2, -0.15) is 15.0 Å². The fourth-order valence-corrected chi connectivity index (χ4v) is 2.09. The van der Waals surface area contributed by atoms with E-state index in [1.165, 1.54) is 6.07 Å². The van der Waals surface area contributed by atoms with Crippen LogP contribution in [0.15, 0.2) is 16.4 Å². The third-order valence-electron chi connectivity index (χ3n) is 1.90. The van der Waals surface area contributed by atoms with E-state index in [0.717, 1.165) is 11.8 Å². The van der Waals surface area contributed by atoms with Crippen LogP contribution in [0.4, 0.5) is 17.6 Å². The van der Waals surface area contributed by atoms with Gasteiger partial charge < -0.3 is 16.4 Å². The van der Waals surface area contributed by atoms with Crippen molar-refractivity contribution in [2.24, 2.45) is 0 Å². The Balaban J connectivity index is 2.32. The minimum Gasteiger partial charge on any atom is -0.383 e. The van der Waals surface area contributed by atoms with Crippen LogP contribution >= 0.6 is 23.4 Å². The molecule has 0 atom stereocenters. The van der Waals surface area contributed by atoms with E-state index in [2.05, 4.69) is 24.9 Å². The molecule has 2 rings (SSSR count). The van der Waals surface area contributed by atoms with Crippen LogP contribution < -0.4 is 16.4 Å². The van der Waals surface area contributed by atoms with Crippen LogP contribution in [0.5, 0.6) is 0 Å². The monoisotopic (exact) mass is 298 g/mol. The van der Waals surface area contributed by atoms with E-state index in [4.69, 9.17) is 23.1 Å². The highest BCUT2D eigenvalue weighted by Gasteiger charge is 2.10. The molecule has 2 aromatic heterocycles. The van der Waals surface area contributed by atoms with E-state index < -0.39 is 0 Å². The van der Waals surface area contributed by atoms with Crippen molar-refractivity contribution in [3.05, 3.63) is 11.3 Å². The predicted octanol–water partition coefficient (Wildman–Crippen LogP) is 0.697. The highest BCUT2D eigenvalue weighted by molar-refractivity contribution is 7.99. The van der Waals surface area contributed by atoms with Crippen molar-refractivity contribution < 1.29 is 0 Å². The average molecular weight is 299 g/mol. The molecule has 0 aliphatic carbocycles. The second-order valence-electron chi connectivity index (χ2n) is 3.68. The van der Waals surface area contributed by atoms with E-state index in [-0.39, 0.29) is 16.9 Å². The van der Waals surface area contributed by atoms with E-state index in [0.29, 0.717) is 16.3 Å². The zero-order chi connectivity index (χ0) is 14.0. The van der Waals surface area contributed by atoms with Gasteiger partial charge in [0.05, 0.1) is 0 Å². The quantitative estimate of drug-likeness (QED) is 0.789. The zero-order valence-electron chi connectivity index (χ0n) is 10.2. The molecule has 0 saturated heterocycles. The highest BCUT2D eigenvalue weighted by Crippen LogP contribution is 2.24. The van der Waals surface area contributed by atoms with Gasteiger partial charge in [-0.15, -0.1) is 0 Å². The second-order valence-corrected chi connectivity index (χ2v) is 4.96. The molecule has 0 spiro atoms. The highest BCUT2D eigenvalue weighted by atomic mass is 35.5. The summed E-state index contributed by atoms with van der Waals surface area (Å²) in [6, 6.07) is 1.47. The van der Waals surface area contributed by atoms with E-state index in [1.54, 1.807) is 19.0 Å². The number of nitrogens with zero attached hydrogens (tertiary/aromatic N) is 6. The maximum Gasteiger partial charge on any atom is 0.230 e. The molecular weight excluding hydrogens is 288 g/mol. The smallest absolute Gasteiger partial charge is 0.230 e. The van der Waals surface area contributed by atoms with Gasteiger partial charge in [-0.1, -0.05) is 0 Å². The molecule has 2 aromatic rings. The summed E-state index contributed by atoms with van der Waals surface area (Å²) in [6.45, 7) is 0. The molecule has 0 radical (unpaired) electrons. The van der Waals surface area contributed by atoms with Gasteiger partial charge in [0.1, 0.15) is 11.6 Å². The van der Waals surface area contributed by atoms with Gasteiger partial charge in [-0.3, -0.25) is 0 Å². The number of nitrogen functional groups attached to an aromatic ring is 2. The summed E-state index contributed by atoms with van der Waals surface area (Å²) in [5, 5.41) is 0.816. The number of aromatic nitrogens is 5. The Hall–Kier alpha value is -1.87. The Morgan fingerprint density at radius 2 is 1.58 bits per heavy atom. The molecule has 2 heterocycles. The molecule has 0 aliphatic rings.